The highest BCUT2D eigenvalue weighted by Crippen LogP contribution is 2.34. The summed E-state index contributed by atoms with van der Waals surface area (Å²) in [6.07, 6.45) is 0.304. The Morgan fingerprint density at radius 2 is 1.82 bits per heavy atom. The molecule has 4 N–H and O–H groups in total. The summed E-state index contributed by atoms with van der Waals surface area (Å²) >= 11 is 0. The van der Waals surface area contributed by atoms with E-state index >= 15 is 0 Å². The van der Waals surface area contributed by atoms with E-state index in [0.29, 0.717) is 23.0 Å². The van der Waals surface area contributed by atoms with Crippen LogP contribution in [0, 0.1) is 0 Å². The fourth-order valence-corrected chi connectivity index (χ4v) is 4.13. The molecule has 2 aromatic heterocycles. The van der Waals surface area contributed by atoms with Crippen LogP contribution in [0.1, 0.15) is 47.7 Å². The maximum atomic E-state index is 13.6. The standard InChI is InChI=1S/C24H26F3N7O3S/c1-2-38(36,37)34-20-16(5-4-12-28-20)13-29-21-19(24(25,26)27)14-30-23(33-21)32-18-10-8-15(9-11-18)22(35)31-17-6-3-7-17/h4-5,8-12,14,17H,2-3,6-7,13H2,1H3,(H,28,34)(H,31,35)(H2,29,30,32,33). The summed E-state index contributed by atoms with van der Waals surface area (Å²) in [4.78, 5) is 24.0. The molecule has 0 aliphatic heterocycles. The van der Waals surface area contributed by atoms with Gasteiger partial charge in [0.05, 0.1) is 5.75 Å². The van der Waals surface area contributed by atoms with Gasteiger partial charge in [-0.25, -0.2) is 18.4 Å². The monoisotopic (exact) mass is 549 g/mol. The van der Waals surface area contributed by atoms with Gasteiger partial charge in [0.15, 0.2) is 0 Å². The molecule has 0 unspecified atom stereocenters. The van der Waals surface area contributed by atoms with Gasteiger partial charge in [0, 0.05) is 41.8 Å². The van der Waals surface area contributed by atoms with E-state index in [2.05, 4.69) is 35.6 Å². The first-order chi connectivity index (χ1) is 18.0. The number of benzene rings is 1. The van der Waals surface area contributed by atoms with Crippen LogP contribution in [0.2, 0.25) is 0 Å². The second-order valence-corrected chi connectivity index (χ2v) is 10.6. The van der Waals surface area contributed by atoms with Crippen LogP contribution in [0.25, 0.3) is 0 Å². The van der Waals surface area contributed by atoms with Gasteiger partial charge in [-0.05, 0) is 56.5 Å². The van der Waals surface area contributed by atoms with Crippen molar-refractivity contribution >= 4 is 39.2 Å². The van der Waals surface area contributed by atoms with E-state index in [-0.39, 0.29) is 36.0 Å². The number of alkyl halides is 3. The summed E-state index contributed by atoms with van der Waals surface area (Å²) in [5, 5.41) is 8.39. The number of sulfonamides is 1. The topological polar surface area (TPSA) is 138 Å². The van der Waals surface area contributed by atoms with Crippen LogP contribution in [0.5, 0.6) is 0 Å². The highest BCUT2D eigenvalue weighted by molar-refractivity contribution is 7.92. The average molecular weight is 550 g/mol. The summed E-state index contributed by atoms with van der Waals surface area (Å²) in [6, 6.07) is 9.67. The van der Waals surface area contributed by atoms with Crippen molar-refractivity contribution in [3.05, 3.63) is 65.5 Å². The number of rotatable bonds is 10. The van der Waals surface area contributed by atoms with Gasteiger partial charge in [-0.3, -0.25) is 9.52 Å². The van der Waals surface area contributed by atoms with E-state index in [4.69, 9.17) is 0 Å². The molecule has 202 valence electrons. The van der Waals surface area contributed by atoms with Crippen molar-refractivity contribution in [1.29, 1.82) is 0 Å². The Balaban J connectivity index is 1.50. The molecule has 3 aromatic rings. The molecule has 0 radical (unpaired) electrons. The molecule has 38 heavy (non-hydrogen) atoms. The zero-order valence-electron chi connectivity index (χ0n) is 20.3. The molecule has 1 aliphatic rings. The Bertz CT molecular complexity index is 1400. The van der Waals surface area contributed by atoms with E-state index in [1.807, 2.05) is 0 Å². The first kappa shape index (κ1) is 27.1. The van der Waals surface area contributed by atoms with Gasteiger partial charge in [-0.15, -0.1) is 0 Å². The summed E-state index contributed by atoms with van der Waals surface area (Å²) in [5.41, 5.74) is 0.163. The Morgan fingerprint density at radius 1 is 1.08 bits per heavy atom. The number of halogens is 3. The molecule has 0 bridgehead atoms. The minimum atomic E-state index is -4.74. The predicted molar refractivity (Wildman–Crippen MR) is 137 cm³/mol. The van der Waals surface area contributed by atoms with Gasteiger partial charge in [-0.2, -0.15) is 18.2 Å². The number of nitrogens with zero attached hydrogens (tertiary/aromatic N) is 3. The smallest absolute Gasteiger partial charge is 0.365 e. The van der Waals surface area contributed by atoms with E-state index in [1.54, 1.807) is 24.3 Å². The lowest BCUT2D eigenvalue weighted by molar-refractivity contribution is -0.137. The van der Waals surface area contributed by atoms with Crippen LogP contribution < -0.4 is 20.7 Å². The predicted octanol–water partition coefficient (Wildman–Crippen LogP) is 4.29. The van der Waals surface area contributed by atoms with Gasteiger partial charge < -0.3 is 16.0 Å². The van der Waals surface area contributed by atoms with E-state index < -0.39 is 27.6 Å². The Morgan fingerprint density at radius 3 is 2.45 bits per heavy atom. The quantitative estimate of drug-likeness (QED) is 0.294. The average Bonchev–Trinajstić information content (AvgIpc) is 2.85. The first-order valence-electron chi connectivity index (χ1n) is 11.8. The second kappa shape index (κ2) is 11.2. The van der Waals surface area contributed by atoms with Crippen molar-refractivity contribution < 1.29 is 26.4 Å². The molecular formula is C24H26F3N7O3S. The zero-order valence-corrected chi connectivity index (χ0v) is 21.2. The second-order valence-electron chi connectivity index (χ2n) is 8.63. The number of carbonyl (C=O) groups excluding carboxylic acids is 1. The fraction of sp³-hybridized carbons (Fsp3) is 0.333. The highest BCUT2D eigenvalue weighted by Gasteiger charge is 2.35. The molecule has 14 heteroatoms. The van der Waals surface area contributed by atoms with Crippen molar-refractivity contribution in [2.24, 2.45) is 0 Å². The summed E-state index contributed by atoms with van der Waals surface area (Å²) in [5.74, 6) is -0.981. The summed E-state index contributed by atoms with van der Waals surface area (Å²) in [7, 11) is -3.64. The van der Waals surface area contributed by atoms with E-state index in [9.17, 15) is 26.4 Å². The lowest BCUT2D eigenvalue weighted by Gasteiger charge is -2.26. The van der Waals surface area contributed by atoms with Crippen LogP contribution in [0.15, 0.2) is 48.8 Å². The van der Waals surface area contributed by atoms with Gasteiger partial charge in [0.25, 0.3) is 5.91 Å². The van der Waals surface area contributed by atoms with Crippen LogP contribution in [0.3, 0.4) is 0 Å². The molecule has 2 heterocycles. The highest BCUT2D eigenvalue weighted by atomic mass is 32.2. The fourth-order valence-electron chi connectivity index (χ4n) is 3.51. The maximum absolute atomic E-state index is 13.6. The van der Waals surface area contributed by atoms with Crippen LogP contribution in [0.4, 0.5) is 36.4 Å². The van der Waals surface area contributed by atoms with Crippen LogP contribution >= 0.6 is 0 Å². The lowest BCUT2D eigenvalue weighted by atomic mass is 9.93. The number of carbonyl (C=O) groups is 1. The Kier molecular flexibility index (Phi) is 7.99. The summed E-state index contributed by atoms with van der Waals surface area (Å²) < 4.78 is 67.1. The van der Waals surface area contributed by atoms with Crippen molar-refractivity contribution in [2.45, 2.75) is 44.9 Å². The van der Waals surface area contributed by atoms with Gasteiger partial charge in [0.1, 0.15) is 17.2 Å². The Labute approximate surface area is 217 Å². The molecule has 0 spiro atoms. The Hall–Kier alpha value is -3.94. The maximum Gasteiger partial charge on any atom is 0.421 e. The third kappa shape index (κ3) is 6.88. The van der Waals surface area contributed by atoms with Crippen molar-refractivity contribution in [1.82, 2.24) is 20.3 Å². The number of hydrogen-bond acceptors (Lipinski definition) is 8. The third-order valence-corrected chi connectivity index (χ3v) is 7.17. The molecule has 4 rings (SSSR count). The molecule has 0 saturated heterocycles. The van der Waals surface area contributed by atoms with Gasteiger partial charge in [-0.1, -0.05) is 6.07 Å². The minimum Gasteiger partial charge on any atom is -0.365 e. The van der Waals surface area contributed by atoms with Crippen molar-refractivity contribution in [3.8, 4) is 0 Å². The van der Waals surface area contributed by atoms with Crippen molar-refractivity contribution in [3.63, 3.8) is 0 Å². The number of amides is 1. The van der Waals surface area contributed by atoms with Crippen molar-refractivity contribution in [2.75, 3.05) is 21.1 Å². The molecular weight excluding hydrogens is 523 g/mol. The molecule has 1 amide bonds. The van der Waals surface area contributed by atoms with E-state index in [1.165, 1.54) is 25.3 Å². The van der Waals surface area contributed by atoms with E-state index in [0.717, 1.165) is 19.3 Å². The normalized spacial score (nSPS) is 13.9. The first-order valence-corrected chi connectivity index (χ1v) is 13.5. The molecule has 1 aliphatic carbocycles. The largest absolute Gasteiger partial charge is 0.421 e. The number of nitrogens with one attached hydrogen (secondary N) is 4. The SMILES string of the molecule is CCS(=O)(=O)Nc1ncccc1CNc1nc(Nc2ccc(C(=O)NC3CCC3)cc2)ncc1C(F)(F)F. The molecule has 1 saturated carbocycles. The molecule has 10 nitrogen and oxygen atoms in total. The number of hydrogen-bond donors (Lipinski definition) is 4. The molecule has 1 fully saturated rings. The molecule has 1 aromatic carbocycles. The lowest BCUT2D eigenvalue weighted by Crippen LogP contribution is -2.39. The number of pyridine rings is 1. The number of aromatic nitrogens is 3. The number of anilines is 4. The zero-order chi connectivity index (χ0) is 27.3. The van der Waals surface area contributed by atoms with Crippen LogP contribution in [-0.4, -0.2) is 41.1 Å². The molecule has 0 atom stereocenters. The van der Waals surface area contributed by atoms with Crippen LogP contribution in [-0.2, 0) is 22.7 Å². The summed E-state index contributed by atoms with van der Waals surface area (Å²) in [6.45, 7) is 1.26. The van der Waals surface area contributed by atoms with Gasteiger partial charge in [0.2, 0.25) is 16.0 Å². The minimum absolute atomic E-state index is 0.00393. The third-order valence-electron chi connectivity index (χ3n) is 5.91. The van der Waals surface area contributed by atoms with Gasteiger partial charge >= 0.3 is 6.18 Å².